The first-order valence-corrected chi connectivity index (χ1v) is 12.7. The number of methoxy groups -OCH3 is 1. The maximum Gasteiger partial charge on any atom is 0.320 e. The normalized spacial score (nSPS) is 11.1. The number of nitrogens with zero attached hydrogens (tertiary/aromatic N) is 7. The van der Waals surface area contributed by atoms with Gasteiger partial charge >= 0.3 is 12.0 Å². The Kier molecular flexibility index (Phi) is 9.95. The minimum atomic E-state index is -0.884. The minimum absolute atomic E-state index is 0.000578. The lowest BCUT2D eigenvalue weighted by Gasteiger charge is -2.09. The Morgan fingerprint density at radius 2 is 1.88 bits per heavy atom. The van der Waals surface area contributed by atoms with E-state index in [1.54, 1.807) is 42.3 Å². The molecule has 16 heteroatoms. The monoisotopic (exact) mass is 569 g/mol. The Morgan fingerprint density at radius 1 is 1.07 bits per heavy atom. The number of fused-ring (bicyclic) bond motifs is 1. The number of carboxylic acid groups (broad SMARTS) is 1. The van der Waals surface area contributed by atoms with Gasteiger partial charge in [0.15, 0.2) is 17.0 Å². The molecule has 0 atom stereocenters. The standard InChI is InChI=1S/C25H31N9O7/c1-39-12-13-41-24-29-21(26)20-22(30-24)34(25(38)28-20)14-16-2-4-17(5-3-16)23(37)27-8-10-40-11-9-33-15-18(31-32-33)6-7-19(35)36/h2-5,15H,6-14H2,1H3,(H,27,37)(H,28,38)(H,35,36)(H2,26,29,30). The van der Waals surface area contributed by atoms with E-state index in [0.29, 0.717) is 56.2 Å². The molecule has 0 aliphatic carbocycles. The molecule has 0 aliphatic rings. The van der Waals surface area contributed by atoms with Crippen LogP contribution in [0.5, 0.6) is 12.0 Å². The van der Waals surface area contributed by atoms with Gasteiger partial charge in [-0.3, -0.25) is 14.2 Å². The lowest BCUT2D eigenvalue weighted by Crippen LogP contribution is -2.27. The summed E-state index contributed by atoms with van der Waals surface area (Å²) in [5.74, 6) is -1.06. The molecule has 0 aliphatic heterocycles. The van der Waals surface area contributed by atoms with Crippen molar-refractivity contribution in [2.75, 3.05) is 45.8 Å². The molecule has 5 N–H and O–H groups in total. The highest BCUT2D eigenvalue weighted by molar-refractivity contribution is 5.94. The molecule has 3 aromatic heterocycles. The largest absolute Gasteiger partial charge is 0.481 e. The van der Waals surface area contributed by atoms with Crippen LogP contribution in [0.25, 0.3) is 11.2 Å². The Bertz CT molecular complexity index is 1470. The molecule has 3 heterocycles. The summed E-state index contributed by atoms with van der Waals surface area (Å²) in [7, 11) is 1.55. The van der Waals surface area contributed by atoms with Crippen molar-refractivity contribution >= 4 is 28.9 Å². The number of imidazole rings is 1. The van der Waals surface area contributed by atoms with Crippen LogP contribution in [0.1, 0.15) is 28.0 Å². The molecule has 0 spiro atoms. The van der Waals surface area contributed by atoms with Crippen molar-refractivity contribution in [2.24, 2.45) is 0 Å². The fourth-order valence-electron chi connectivity index (χ4n) is 3.76. The number of benzene rings is 1. The summed E-state index contributed by atoms with van der Waals surface area (Å²) in [5, 5.41) is 29.8. The van der Waals surface area contributed by atoms with Crippen molar-refractivity contribution in [1.29, 1.82) is 0 Å². The van der Waals surface area contributed by atoms with Gasteiger partial charge in [-0.05, 0) is 17.7 Å². The summed E-state index contributed by atoms with van der Waals surface area (Å²) in [6.45, 7) is 2.24. The second kappa shape index (κ2) is 14.0. The molecule has 41 heavy (non-hydrogen) atoms. The fraction of sp³-hybridized carbons (Fsp3) is 0.400. The first-order valence-electron chi connectivity index (χ1n) is 12.7. The van der Waals surface area contributed by atoms with E-state index in [0.717, 1.165) is 5.56 Å². The van der Waals surface area contributed by atoms with Crippen molar-refractivity contribution in [3.63, 3.8) is 0 Å². The van der Waals surface area contributed by atoms with Crippen LogP contribution in [0.3, 0.4) is 0 Å². The smallest absolute Gasteiger partial charge is 0.320 e. The van der Waals surface area contributed by atoms with E-state index in [9.17, 15) is 14.7 Å². The second-order valence-electron chi connectivity index (χ2n) is 8.83. The molecule has 0 saturated heterocycles. The number of carbonyl (C=O) groups excluding carboxylic acids is 1. The predicted molar refractivity (Wildman–Crippen MR) is 143 cm³/mol. The maximum absolute atomic E-state index is 12.5. The van der Waals surface area contributed by atoms with Crippen molar-refractivity contribution in [2.45, 2.75) is 25.9 Å². The van der Waals surface area contributed by atoms with E-state index in [4.69, 9.17) is 25.1 Å². The third kappa shape index (κ3) is 8.09. The van der Waals surface area contributed by atoms with Gasteiger partial charge in [0.05, 0.1) is 45.0 Å². The molecule has 16 nitrogen and oxygen atoms in total. The number of nitrogen functional groups attached to an aromatic ring is 1. The number of aliphatic carboxylic acids is 1. The van der Waals surface area contributed by atoms with Crippen LogP contribution < -0.4 is 15.8 Å². The summed E-state index contributed by atoms with van der Waals surface area (Å²) in [4.78, 5) is 35.6. The van der Waals surface area contributed by atoms with E-state index < -0.39 is 5.97 Å². The number of rotatable bonds is 16. The molecule has 1 amide bonds. The maximum atomic E-state index is 12.5. The number of aromatic nitrogens is 7. The van der Waals surface area contributed by atoms with Gasteiger partial charge in [-0.15, -0.1) is 5.10 Å². The molecule has 0 unspecified atom stereocenters. The molecular formula is C25H31N9O7. The van der Waals surface area contributed by atoms with Gasteiger partial charge in [0.1, 0.15) is 6.61 Å². The van der Waals surface area contributed by atoms with Crippen molar-refractivity contribution < 1.29 is 34.0 Å². The van der Waals surface area contributed by atoms with Crippen LogP contribution in [-0.2, 0) is 33.8 Å². The van der Waals surface area contributed by atoms with Crippen LogP contribution in [0, 0.1) is 0 Å². The highest BCUT2D eigenvalue weighted by Crippen LogP contribution is 2.25. The average Bonchev–Trinajstić information content (AvgIpc) is 3.54. The van der Waals surface area contributed by atoms with Crippen LogP contribution in [0.4, 0.5) is 5.82 Å². The van der Waals surface area contributed by atoms with Gasteiger partial charge < -0.3 is 35.5 Å². The number of anilines is 1. The number of hydrogen-bond donors (Lipinski definition) is 4. The molecule has 1 aromatic carbocycles. The summed E-state index contributed by atoms with van der Waals surface area (Å²) >= 11 is 0. The van der Waals surface area contributed by atoms with Crippen LogP contribution >= 0.6 is 0 Å². The SMILES string of the molecule is COCCOc1nc(N)c2nc(O)n(Cc3ccc(C(=O)NCCOCCn4cc(CCC(=O)O)nn4)cc3)c2n1. The average molecular weight is 570 g/mol. The van der Waals surface area contributed by atoms with Crippen molar-refractivity contribution in [3.8, 4) is 12.0 Å². The Balaban J connectivity index is 1.24. The Labute approximate surface area is 234 Å². The lowest BCUT2D eigenvalue weighted by atomic mass is 10.1. The first-order chi connectivity index (χ1) is 19.8. The number of carbonyl (C=O) groups is 2. The number of nitrogens with one attached hydrogen (secondary N) is 1. The molecule has 218 valence electrons. The summed E-state index contributed by atoms with van der Waals surface area (Å²) in [6.07, 6.45) is 2.01. The predicted octanol–water partition coefficient (Wildman–Crippen LogP) is 0.243. The van der Waals surface area contributed by atoms with Crippen LogP contribution in [0.2, 0.25) is 0 Å². The third-order valence-corrected chi connectivity index (χ3v) is 5.83. The summed E-state index contributed by atoms with van der Waals surface area (Å²) < 4.78 is 19.0. The number of amides is 1. The van der Waals surface area contributed by atoms with Gasteiger partial charge in [0, 0.05) is 31.8 Å². The van der Waals surface area contributed by atoms with Gasteiger partial charge in [-0.1, -0.05) is 17.3 Å². The molecule has 4 aromatic rings. The molecule has 0 radical (unpaired) electrons. The van der Waals surface area contributed by atoms with Gasteiger partial charge in [-0.25, -0.2) is 4.68 Å². The zero-order valence-electron chi connectivity index (χ0n) is 22.4. The number of carboxylic acids is 1. The van der Waals surface area contributed by atoms with E-state index in [-0.39, 0.29) is 48.8 Å². The highest BCUT2D eigenvalue weighted by atomic mass is 16.5. The zero-order chi connectivity index (χ0) is 29.2. The van der Waals surface area contributed by atoms with Crippen molar-refractivity contribution in [3.05, 3.63) is 47.3 Å². The van der Waals surface area contributed by atoms with Gasteiger partial charge in [0.25, 0.3) is 11.9 Å². The second-order valence-corrected chi connectivity index (χ2v) is 8.83. The first kappa shape index (κ1) is 29.2. The Hall–Kier alpha value is -4.83. The fourth-order valence-corrected chi connectivity index (χ4v) is 3.76. The van der Waals surface area contributed by atoms with Gasteiger partial charge in [-0.2, -0.15) is 15.0 Å². The summed E-state index contributed by atoms with van der Waals surface area (Å²) in [6, 6.07) is 6.65. The number of hydrogen-bond acceptors (Lipinski definition) is 12. The number of aromatic hydroxyl groups is 1. The molecule has 4 rings (SSSR count). The minimum Gasteiger partial charge on any atom is -0.481 e. The third-order valence-electron chi connectivity index (χ3n) is 5.83. The van der Waals surface area contributed by atoms with E-state index in [1.807, 2.05) is 0 Å². The number of nitrogens with two attached hydrogens (primary N) is 1. The molecular weight excluding hydrogens is 538 g/mol. The van der Waals surface area contributed by atoms with E-state index in [1.165, 1.54) is 4.57 Å². The highest BCUT2D eigenvalue weighted by Gasteiger charge is 2.17. The van der Waals surface area contributed by atoms with Crippen LogP contribution in [-0.4, -0.2) is 96.7 Å². The zero-order valence-corrected chi connectivity index (χ0v) is 22.4. The van der Waals surface area contributed by atoms with E-state index >= 15 is 0 Å². The number of aryl methyl sites for hydroxylation is 1. The molecule has 0 fully saturated rings. The van der Waals surface area contributed by atoms with Crippen molar-refractivity contribution in [1.82, 2.24) is 39.8 Å². The lowest BCUT2D eigenvalue weighted by molar-refractivity contribution is -0.136. The topological polar surface area (TPSA) is 215 Å². The summed E-state index contributed by atoms with van der Waals surface area (Å²) in [5.41, 5.74) is 8.40. The van der Waals surface area contributed by atoms with Crippen LogP contribution in [0.15, 0.2) is 30.5 Å². The Morgan fingerprint density at radius 3 is 2.63 bits per heavy atom. The number of ether oxygens (including phenoxy) is 3. The molecule has 0 saturated carbocycles. The van der Waals surface area contributed by atoms with E-state index in [2.05, 4.69) is 30.6 Å². The molecule has 0 bridgehead atoms. The van der Waals surface area contributed by atoms with Gasteiger partial charge in [0.2, 0.25) is 0 Å². The quantitative estimate of drug-likeness (QED) is 0.133.